The SMILES string of the molecule is CC(C)(C)OC(=O)NC1CN(c2ncc(C(F)(F)F)cn2)C1. The molecule has 22 heavy (non-hydrogen) atoms. The molecule has 2 rings (SSSR count). The van der Waals surface area contributed by atoms with Crippen LogP contribution in [0.5, 0.6) is 0 Å². The topological polar surface area (TPSA) is 67.3 Å². The van der Waals surface area contributed by atoms with E-state index in [9.17, 15) is 18.0 Å². The van der Waals surface area contributed by atoms with Gasteiger partial charge in [0.1, 0.15) is 5.60 Å². The molecule has 0 unspecified atom stereocenters. The Balaban J connectivity index is 1.83. The van der Waals surface area contributed by atoms with Gasteiger partial charge in [-0.15, -0.1) is 0 Å². The number of amides is 1. The Morgan fingerprint density at radius 1 is 1.27 bits per heavy atom. The number of rotatable bonds is 2. The predicted octanol–water partition coefficient (Wildman–Crippen LogP) is 2.21. The van der Waals surface area contributed by atoms with Gasteiger partial charge in [-0.25, -0.2) is 14.8 Å². The van der Waals surface area contributed by atoms with E-state index in [0.717, 1.165) is 12.4 Å². The van der Waals surface area contributed by atoms with Gasteiger partial charge in [-0.3, -0.25) is 0 Å². The molecule has 122 valence electrons. The number of carbonyl (C=O) groups is 1. The van der Waals surface area contributed by atoms with E-state index in [1.165, 1.54) is 0 Å². The number of anilines is 1. The Kier molecular flexibility index (Phi) is 4.17. The fourth-order valence-electron chi connectivity index (χ4n) is 1.84. The van der Waals surface area contributed by atoms with Crippen LogP contribution >= 0.6 is 0 Å². The number of nitrogens with zero attached hydrogens (tertiary/aromatic N) is 3. The first-order valence-electron chi connectivity index (χ1n) is 6.68. The van der Waals surface area contributed by atoms with Crippen molar-refractivity contribution < 1.29 is 22.7 Å². The summed E-state index contributed by atoms with van der Waals surface area (Å²) in [5.74, 6) is 0.204. The maximum Gasteiger partial charge on any atom is 0.419 e. The molecule has 2 heterocycles. The third-order valence-electron chi connectivity index (χ3n) is 2.85. The minimum atomic E-state index is -4.45. The average molecular weight is 318 g/mol. The maximum absolute atomic E-state index is 12.4. The molecule has 1 amide bonds. The lowest BCUT2D eigenvalue weighted by atomic mass is 10.1. The van der Waals surface area contributed by atoms with Gasteiger partial charge < -0.3 is 15.0 Å². The number of alkyl halides is 3. The lowest BCUT2D eigenvalue weighted by Gasteiger charge is -2.39. The molecule has 1 aromatic heterocycles. The number of ether oxygens (including phenoxy) is 1. The van der Waals surface area contributed by atoms with Crippen LogP contribution in [-0.4, -0.2) is 40.8 Å². The molecule has 6 nitrogen and oxygen atoms in total. The molecule has 1 aliphatic heterocycles. The quantitative estimate of drug-likeness (QED) is 0.905. The molecular weight excluding hydrogens is 301 g/mol. The average Bonchev–Trinajstić information content (AvgIpc) is 2.30. The summed E-state index contributed by atoms with van der Waals surface area (Å²) in [5.41, 5.74) is -1.47. The fraction of sp³-hybridized carbons (Fsp3) is 0.615. The largest absolute Gasteiger partial charge is 0.444 e. The highest BCUT2D eigenvalue weighted by atomic mass is 19.4. The van der Waals surface area contributed by atoms with Crippen molar-refractivity contribution in [1.82, 2.24) is 15.3 Å². The van der Waals surface area contributed by atoms with E-state index in [4.69, 9.17) is 4.74 Å². The highest BCUT2D eigenvalue weighted by molar-refractivity contribution is 5.68. The third kappa shape index (κ3) is 4.22. The predicted molar refractivity (Wildman–Crippen MR) is 72.4 cm³/mol. The van der Waals surface area contributed by atoms with Crippen LogP contribution in [0.25, 0.3) is 0 Å². The van der Waals surface area contributed by atoms with Gasteiger partial charge in [0.15, 0.2) is 0 Å². The van der Waals surface area contributed by atoms with Crippen LogP contribution in [0.15, 0.2) is 12.4 Å². The van der Waals surface area contributed by atoms with Crippen LogP contribution in [0, 0.1) is 0 Å². The van der Waals surface area contributed by atoms with Crippen LogP contribution in [0.2, 0.25) is 0 Å². The van der Waals surface area contributed by atoms with Crippen molar-refractivity contribution in [2.45, 2.75) is 38.6 Å². The second-order valence-electron chi connectivity index (χ2n) is 6.02. The zero-order valence-electron chi connectivity index (χ0n) is 12.4. The first-order valence-corrected chi connectivity index (χ1v) is 6.68. The second kappa shape index (κ2) is 5.62. The van der Waals surface area contributed by atoms with Gasteiger partial charge in [-0.2, -0.15) is 13.2 Å². The smallest absolute Gasteiger partial charge is 0.419 e. The Morgan fingerprint density at radius 2 is 1.82 bits per heavy atom. The molecule has 0 aromatic carbocycles. The zero-order valence-corrected chi connectivity index (χ0v) is 12.4. The van der Waals surface area contributed by atoms with Crippen molar-refractivity contribution in [3.05, 3.63) is 18.0 Å². The van der Waals surface area contributed by atoms with Crippen molar-refractivity contribution in [2.75, 3.05) is 18.0 Å². The molecule has 0 radical (unpaired) electrons. The number of alkyl carbamates (subject to hydrolysis) is 1. The summed E-state index contributed by atoms with van der Waals surface area (Å²) in [5, 5.41) is 2.67. The van der Waals surface area contributed by atoms with E-state index < -0.39 is 23.4 Å². The number of nitrogens with one attached hydrogen (secondary N) is 1. The lowest BCUT2D eigenvalue weighted by Crippen LogP contribution is -2.60. The van der Waals surface area contributed by atoms with Gasteiger partial charge in [-0.05, 0) is 20.8 Å². The second-order valence-corrected chi connectivity index (χ2v) is 6.02. The molecule has 1 saturated heterocycles. The van der Waals surface area contributed by atoms with Crippen molar-refractivity contribution in [1.29, 1.82) is 0 Å². The standard InChI is InChI=1S/C13H17F3N4O2/c1-12(2,3)22-11(21)19-9-6-20(7-9)10-17-4-8(5-18-10)13(14,15)16/h4-5,9H,6-7H2,1-3H3,(H,19,21). The summed E-state index contributed by atoms with van der Waals surface area (Å²) in [6.07, 6.45) is -3.48. The van der Waals surface area contributed by atoms with Crippen LogP contribution in [-0.2, 0) is 10.9 Å². The Bertz CT molecular complexity index is 534. The van der Waals surface area contributed by atoms with E-state index in [1.807, 2.05) is 0 Å². The van der Waals surface area contributed by atoms with Gasteiger partial charge in [0, 0.05) is 25.5 Å². The van der Waals surface area contributed by atoms with Crippen molar-refractivity contribution in [3.63, 3.8) is 0 Å². The van der Waals surface area contributed by atoms with E-state index in [0.29, 0.717) is 13.1 Å². The molecule has 1 aromatic rings. The monoisotopic (exact) mass is 318 g/mol. The minimum absolute atomic E-state index is 0.138. The number of hydrogen-bond donors (Lipinski definition) is 1. The number of carbonyl (C=O) groups excluding carboxylic acids is 1. The molecule has 1 N–H and O–H groups in total. The van der Waals surface area contributed by atoms with Crippen molar-refractivity contribution in [2.24, 2.45) is 0 Å². The summed E-state index contributed by atoms with van der Waals surface area (Å²) >= 11 is 0. The van der Waals surface area contributed by atoms with Gasteiger partial charge >= 0.3 is 12.3 Å². The first-order chi connectivity index (χ1) is 10.0. The van der Waals surface area contributed by atoms with E-state index in [1.54, 1.807) is 25.7 Å². The summed E-state index contributed by atoms with van der Waals surface area (Å²) < 4.78 is 42.3. The summed E-state index contributed by atoms with van der Waals surface area (Å²) in [7, 11) is 0. The Labute approximate surface area is 125 Å². The van der Waals surface area contributed by atoms with Gasteiger partial charge in [0.2, 0.25) is 5.95 Å². The molecule has 9 heteroatoms. The molecule has 0 bridgehead atoms. The lowest BCUT2D eigenvalue weighted by molar-refractivity contribution is -0.138. The molecule has 1 fully saturated rings. The first kappa shape index (κ1) is 16.3. The highest BCUT2D eigenvalue weighted by Crippen LogP contribution is 2.28. The van der Waals surface area contributed by atoms with Crippen LogP contribution in [0.3, 0.4) is 0 Å². The van der Waals surface area contributed by atoms with Gasteiger partial charge in [-0.1, -0.05) is 0 Å². The summed E-state index contributed by atoms with van der Waals surface area (Å²) in [4.78, 5) is 20.6. The van der Waals surface area contributed by atoms with Crippen LogP contribution < -0.4 is 10.2 Å². The Hall–Kier alpha value is -2.06. The number of halogens is 3. The molecule has 0 saturated carbocycles. The van der Waals surface area contributed by atoms with Crippen molar-refractivity contribution in [3.8, 4) is 0 Å². The molecular formula is C13H17F3N4O2. The highest BCUT2D eigenvalue weighted by Gasteiger charge is 2.34. The van der Waals surface area contributed by atoms with Crippen LogP contribution in [0.1, 0.15) is 26.3 Å². The number of aromatic nitrogens is 2. The zero-order chi connectivity index (χ0) is 16.5. The fourth-order valence-corrected chi connectivity index (χ4v) is 1.84. The molecule has 1 aliphatic rings. The molecule has 0 spiro atoms. The maximum atomic E-state index is 12.4. The van der Waals surface area contributed by atoms with Gasteiger partial charge in [0.25, 0.3) is 0 Å². The van der Waals surface area contributed by atoms with Gasteiger partial charge in [0.05, 0.1) is 11.6 Å². The third-order valence-corrected chi connectivity index (χ3v) is 2.85. The molecule has 0 aliphatic carbocycles. The number of hydrogen-bond acceptors (Lipinski definition) is 5. The summed E-state index contributed by atoms with van der Waals surface area (Å²) in [6, 6.07) is -0.138. The van der Waals surface area contributed by atoms with Crippen LogP contribution in [0.4, 0.5) is 23.9 Å². The summed E-state index contributed by atoms with van der Waals surface area (Å²) in [6.45, 7) is 6.12. The minimum Gasteiger partial charge on any atom is -0.444 e. The van der Waals surface area contributed by atoms with E-state index >= 15 is 0 Å². The van der Waals surface area contributed by atoms with E-state index in [-0.39, 0.29) is 12.0 Å². The van der Waals surface area contributed by atoms with E-state index in [2.05, 4.69) is 15.3 Å². The van der Waals surface area contributed by atoms with Crippen molar-refractivity contribution >= 4 is 12.0 Å². The molecule has 0 atom stereocenters. The normalized spacial score (nSPS) is 16.2. The Morgan fingerprint density at radius 3 is 2.27 bits per heavy atom.